The Hall–Kier alpha value is -2.46. The molecular weight excluding hydrogens is 348 g/mol. The zero-order valence-electron chi connectivity index (χ0n) is 14.8. The van der Waals surface area contributed by atoms with E-state index in [0.717, 1.165) is 28.6 Å². The van der Waals surface area contributed by atoms with Crippen LogP contribution in [0, 0.1) is 0 Å². The molecule has 1 aliphatic rings. The average Bonchev–Trinajstić information content (AvgIpc) is 3.06. The smallest absolute Gasteiger partial charge is 0.268 e. The van der Waals surface area contributed by atoms with Crippen LogP contribution in [0.2, 0.25) is 5.02 Å². The van der Waals surface area contributed by atoms with Crippen molar-refractivity contribution < 1.29 is 9.53 Å². The molecule has 1 aliphatic heterocycles. The van der Waals surface area contributed by atoms with E-state index in [1.807, 2.05) is 60.0 Å². The molecule has 2 aromatic carbocycles. The van der Waals surface area contributed by atoms with Crippen molar-refractivity contribution in [2.75, 3.05) is 0 Å². The second-order valence-corrected chi connectivity index (χ2v) is 7.11. The number of amides is 1. The molecule has 4 nitrogen and oxygen atoms in total. The van der Waals surface area contributed by atoms with Gasteiger partial charge in [0.2, 0.25) is 0 Å². The first-order valence-electron chi connectivity index (χ1n) is 8.92. The maximum Gasteiger partial charge on any atom is 0.268 e. The van der Waals surface area contributed by atoms with Gasteiger partial charge in [-0.3, -0.25) is 4.79 Å². The van der Waals surface area contributed by atoms with E-state index in [1.165, 1.54) is 0 Å². The molecule has 2 atom stereocenters. The van der Waals surface area contributed by atoms with Crippen LogP contribution in [0.1, 0.15) is 42.4 Å². The van der Waals surface area contributed by atoms with Crippen LogP contribution in [0.5, 0.6) is 5.75 Å². The van der Waals surface area contributed by atoms with Gasteiger partial charge in [0.15, 0.2) is 0 Å². The Balaban J connectivity index is 1.72. The van der Waals surface area contributed by atoms with Crippen LogP contribution < -0.4 is 10.1 Å². The fraction of sp³-hybridized carbons (Fsp3) is 0.286. The molecule has 0 aliphatic carbocycles. The van der Waals surface area contributed by atoms with E-state index in [4.69, 9.17) is 16.3 Å². The molecule has 0 saturated heterocycles. The van der Waals surface area contributed by atoms with Crippen LogP contribution in [0.15, 0.2) is 48.5 Å². The summed E-state index contributed by atoms with van der Waals surface area (Å²) >= 11 is 6.37. The van der Waals surface area contributed by atoms with E-state index in [-0.39, 0.29) is 18.1 Å². The third-order valence-corrected chi connectivity index (χ3v) is 5.31. The molecule has 4 rings (SSSR count). The summed E-state index contributed by atoms with van der Waals surface area (Å²) in [6, 6.07) is 15.5. The van der Waals surface area contributed by atoms with Crippen LogP contribution in [-0.2, 0) is 6.54 Å². The Morgan fingerprint density at radius 3 is 2.81 bits per heavy atom. The molecule has 26 heavy (non-hydrogen) atoms. The van der Waals surface area contributed by atoms with E-state index in [1.54, 1.807) is 0 Å². The number of carbonyl (C=O) groups excluding carboxylic acids is 1. The number of carbonyl (C=O) groups is 1. The van der Waals surface area contributed by atoms with Crippen molar-refractivity contribution in [2.24, 2.45) is 0 Å². The van der Waals surface area contributed by atoms with Crippen molar-refractivity contribution in [3.63, 3.8) is 0 Å². The van der Waals surface area contributed by atoms with Crippen LogP contribution in [0.3, 0.4) is 0 Å². The molecule has 1 N–H and O–H groups in total. The molecule has 0 unspecified atom stereocenters. The van der Waals surface area contributed by atoms with Gasteiger partial charge in [-0.05, 0) is 37.1 Å². The SMILES string of the molecule is CC[C@@H]1Cn2c(C(=O)N[C@H](C)c3ccccc3)cc3c(Cl)ccc(c32)O1. The summed E-state index contributed by atoms with van der Waals surface area (Å²) in [7, 11) is 0. The van der Waals surface area contributed by atoms with Crippen LogP contribution in [0.4, 0.5) is 0 Å². The Morgan fingerprint density at radius 1 is 1.31 bits per heavy atom. The first kappa shape index (κ1) is 17.0. The van der Waals surface area contributed by atoms with E-state index in [0.29, 0.717) is 17.3 Å². The first-order valence-corrected chi connectivity index (χ1v) is 9.30. The average molecular weight is 369 g/mol. The zero-order valence-corrected chi connectivity index (χ0v) is 15.6. The van der Waals surface area contributed by atoms with Gasteiger partial charge in [0.25, 0.3) is 5.91 Å². The fourth-order valence-corrected chi connectivity index (χ4v) is 3.72. The van der Waals surface area contributed by atoms with E-state index in [9.17, 15) is 4.79 Å². The molecule has 5 heteroatoms. The number of ether oxygens (including phenoxy) is 1. The summed E-state index contributed by atoms with van der Waals surface area (Å²) in [5.41, 5.74) is 2.60. The van der Waals surface area contributed by atoms with Crippen molar-refractivity contribution in [1.82, 2.24) is 9.88 Å². The van der Waals surface area contributed by atoms with Gasteiger partial charge in [0.05, 0.1) is 23.1 Å². The van der Waals surface area contributed by atoms with E-state index >= 15 is 0 Å². The van der Waals surface area contributed by atoms with Gasteiger partial charge in [0.1, 0.15) is 17.5 Å². The van der Waals surface area contributed by atoms with Gasteiger partial charge in [0, 0.05) is 5.39 Å². The Labute approximate surface area is 157 Å². The van der Waals surface area contributed by atoms with Gasteiger partial charge in [-0.25, -0.2) is 0 Å². The minimum Gasteiger partial charge on any atom is -0.486 e. The predicted octanol–water partition coefficient (Wildman–Crippen LogP) is 4.96. The highest BCUT2D eigenvalue weighted by Gasteiger charge is 2.27. The summed E-state index contributed by atoms with van der Waals surface area (Å²) in [6.07, 6.45) is 0.931. The van der Waals surface area contributed by atoms with Gasteiger partial charge >= 0.3 is 0 Å². The van der Waals surface area contributed by atoms with Crippen molar-refractivity contribution in [3.05, 3.63) is 64.8 Å². The molecule has 2 heterocycles. The number of rotatable bonds is 4. The highest BCUT2D eigenvalue weighted by molar-refractivity contribution is 6.36. The lowest BCUT2D eigenvalue weighted by Gasteiger charge is -2.26. The van der Waals surface area contributed by atoms with Crippen LogP contribution >= 0.6 is 11.6 Å². The first-order chi connectivity index (χ1) is 12.6. The number of aromatic nitrogens is 1. The number of nitrogens with one attached hydrogen (secondary N) is 1. The number of benzene rings is 2. The Bertz CT molecular complexity index is 965. The lowest BCUT2D eigenvalue weighted by atomic mass is 10.1. The molecule has 1 aromatic heterocycles. The van der Waals surface area contributed by atoms with Crippen LogP contribution in [-0.4, -0.2) is 16.6 Å². The van der Waals surface area contributed by atoms with Gasteiger partial charge in [-0.1, -0.05) is 48.9 Å². The third-order valence-electron chi connectivity index (χ3n) is 4.98. The number of halogens is 1. The summed E-state index contributed by atoms with van der Waals surface area (Å²) < 4.78 is 8.08. The molecule has 0 saturated carbocycles. The maximum atomic E-state index is 13.0. The van der Waals surface area contributed by atoms with Crippen molar-refractivity contribution >= 4 is 28.4 Å². The standard InChI is InChI=1S/C21H21ClN2O2/c1-3-15-12-24-18(11-16-17(22)9-10-19(26-15)20(16)24)21(25)23-13(2)14-7-5-4-6-8-14/h4-11,13,15H,3,12H2,1-2H3,(H,23,25)/t13-,15-/m1/s1. The number of hydrogen-bond donors (Lipinski definition) is 1. The topological polar surface area (TPSA) is 43.3 Å². The molecule has 0 bridgehead atoms. The van der Waals surface area contributed by atoms with Gasteiger partial charge < -0.3 is 14.6 Å². The molecule has 1 amide bonds. The third kappa shape index (κ3) is 2.84. The molecule has 134 valence electrons. The lowest BCUT2D eigenvalue weighted by molar-refractivity contribution is 0.0924. The largest absolute Gasteiger partial charge is 0.486 e. The number of nitrogens with zero attached hydrogens (tertiary/aromatic N) is 1. The monoisotopic (exact) mass is 368 g/mol. The van der Waals surface area contributed by atoms with Crippen molar-refractivity contribution in [2.45, 2.75) is 39.0 Å². The molecule has 0 spiro atoms. The number of hydrogen-bond acceptors (Lipinski definition) is 2. The van der Waals surface area contributed by atoms with Crippen molar-refractivity contribution in [1.29, 1.82) is 0 Å². The molecular formula is C21H21ClN2O2. The molecule has 0 fully saturated rings. The Morgan fingerprint density at radius 2 is 2.08 bits per heavy atom. The summed E-state index contributed by atoms with van der Waals surface area (Å²) in [6.45, 7) is 4.72. The van der Waals surface area contributed by atoms with E-state index < -0.39 is 0 Å². The summed E-state index contributed by atoms with van der Waals surface area (Å²) in [4.78, 5) is 13.0. The fourth-order valence-electron chi connectivity index (χ4n) is 3.52. The van der Waals surface area contributed by atoms with Gasteiger partial charge in [-0.2, -0.15) is 0 Å². The normalized spacial score (nSPS) is 17.0. The predicted molar refractivity (Wildman–Crippen MR) is 104 cm³/mol. The maximum absolute atomic E-state index is 13.0. The second-order valence-electron chi connectivity index (χ2n) is 6.70. The molecule has 0 radical (unpaired) electrons. The summed E-state index contributed by atoms with van der Waals surface area (Å²) in [5.74, 6) is 0.689. The molecule has 3 aromatic rings. The zero-order chi connectivity index (χ0) is 18.3. The van der Waals surface area contributed by atoms with Crippen LogP contribution in [0.25, 0.3) is 10.9 Å². The van der Waals surface area contributed by atoms with Crippen molar-refractivity contribution in [3.8, 4) is 5.75 Å². The minimum absolute atomic E-state index is 0.0531. The minimum atomic E-state index is -0.101. The highest BCUT2D eigenvalue weighted by atomic mass is 35.5. The lowest BCUT2D eigenvalue weighted by Crippen LogP contribution is -2.32. The quantitative estimate of drug-likeness (QED) is 0.707. The Kier molecular flexibility index (Phi) is 4.37. The highest BCUT2D eigenvalue weighted by Crippen LogP contribution is 2.38. The van der Waals surface area contributed by atoms with E-state index in [2.05, 4.69) is 12.2 Å². The second kappa shape index (κ2) is 6.69. The van der Waals surface area contributed by atoms with Gasteiger partial charge in [-0.15, -0.1) is 0 Å². The summed E-state index contributed by atoms with van der Waals surface area (Å²) in [5, 5.41) is 4.59.